The SMILES string of the molecule is C=C(C)C(=O)c1c(CCO)cccc1-c1cccc2c1-c1ccccc1C2. The third-order valence-corrected chi connectivity index (χ3v) is 5.26. The minimum absolute atomic E-state index is 0.00958. The second kappa shape index (κ2) is 6.98. The molecule has 4 rings (SSSR count). The summed E-state index contributed by atoms with van der Waals surface area (Å²) in [6.45, 7) is 5.62. The average Bonchev–Trinajstić information content (AvgIpc) is 3.06. The molecule has 1 aliphatic carbocycles. The first-order chi connectivity index (χ1) is 13.1. The number of ketones is 1. The zero-order chi connectivity index (χ0) is 19.0. The molecule has 27 heavy (non-hydrogen) atoms. The van der Waals surface area contributed by atoms with Gasteiger partial charge in [0.05, 0.1) is 0 Å². The molecule has 2 heteroatoms. The molecule has 0 atom stereocenters. The molecule has 2 nitrogen and oxygen atoms in total. The molecule has 0 fully saturated rings. The van der Waals surface area contributed by atoms with Gasteiger partial charge in [0.25, 0.3) is 0 Å². The normalized spacial score (nSPS) is 11.8. The van der Waals surface area contributed by atoms with Crippen molar-refractivity contribution in [2.45, 2.75) is 19.8 Å². The fourth-order valence-corrected chi connectivity index (χ4v) is 4.05. The molecule has 0 aromatic heterocycles. The Labute approximate surface area is 159 Å². The largest absolute Gasteiger partial charge is 0.396 e. The van der Waals surface area contributed by atoms with E-state index in [-0.39, 0.29) is 12.4 Å². The smallest absolute Gasteiger partial charge is 0.189 e. The van der Waals surface area contributed by atoms with Gasteiger partial charge >= 0.3 is 0 Å². The van der Waals surface area contributed by atoms with Crippen LogP contribution < -0.4 is 0 Å². The zero-order valence-corrected chi connectivity index (χ0v) is 15.5. The number of hydrogen-bond acceptors (Lipinski definition) is 2. The number of hydrogen-bond donors (Lipinski definition) is 1. The summed E-state index contributed by atoms with van der Waals surface area (Å²) in [6.07, 6.45) is 1.37. The van der Waals surface area contributed by atoms with Crippen LogP contribution in [0.3, 0.4) is 0 Å². The van der Waals surface area contributed by atoms with Gasteiger partial charge in [-0.1, -0.05) is 67.2 Å². The molecular formula is C25H22O2. The summed E-state index contributed by atoms with van der Waals surface area (Å²) >= 11 is 0. The Balaban J connectivity index is 2.00. The van der Waals surface area contributed by atoms with Crippen LogP contribution in [-0.4, -0.2) is 17.5 Å². The lowest BCUT2D eigenvalue weighted by Crippen LogP contribution is -2.09. The van der Waals surface area contributed by atoms with Crippen LogP contribution in [0, 0.1) is 0 Å². The molecule has 0 unspecified atom stereocenters. The predicted octanol–water partition coefficient (Wildman–Crippen LogP) is 5.22. The van der Waals surface area contributed by atoms with Crippen LogP contribution in [0.25, 0.3) is 22.3 Å². The molecule has 1 N–H and O–H groups in total. The quantitative estimate of drug-likeness (QED) is 0.394. The third-order valence-electron chi connectivity index (χ3n) is 5.26. The molecule has 3 aromatic rings. The lowest BCUT2D eigenvalue weighted by molar-refractivity contribution is 0.103. The van der Waals surface area contributed by atoms with Gasteiger partial charge in [-0.25, -0.2) is 0 Å². The molecule has 1 aliphatic rings. The van der Waals surface area contributed by atoms with Gasteiger partial charge in [-0.15, -0.1) is 0 Å². The van der Waals surface area contributed by atoms with Crippen LogP contribution in [0.2, 0.25) is 0 Å². The maximum atomic E-state index is 13.0. The van der Waals surface area contributed by atoms with Crippen molar-refractivity contribution >= 4 is 5.78 Å². The number of benzene rings is 3. The van der Waals surface area contributed by atoms with Crippen molar-refractivity contribution in [3.8, 4) is 22.3 Å². The molecular weight excluding hydrogens is 332 g/mol. The molecule has 0 saturated carbocycles. The van der Waals surface area contributed by atoms with Crippen molar-refractivity contribution in [1.29, 1.82) is 0 Å². The molecule has 0 aliphatic heterocycles. The van der Waals surface area contributed by atoms with E-state index >= 15 is 0 Å². The van der Waals surface area contributed by atoms with Crippen molar-refractivity contribution in [3.05, 3.63) is 95.1 Å². The van der Waals surface area contributed by atoms with Gasteiger partial charge in [-0.2, -0.15) is 0 Å². The standard InChI is InChI=1S/C25H22O2/c1-16(2)25(27)24-17(13-14-26)8-5-12-22(24)21-11-6-9-19-15-18-7-3-4-10-20(18)23(19)21/h3-12,26H,1,13-15H2,2H3. The summed E-state index contributed by atoms with van der Waals surface area (Å²) in [5, 5.41) is 9.48. The van der Waals surface area contributed by atoms with Crippen molar-refractivity contribution in [3.63, 3.8) is 0 Å². The highest BCUT2D eigenvalue weighted by molar-refractivity contribution is 6.14. The Morgan fingerprint density at radius 3 is 2.37 bits per heavy atom. The molecule has 0 spiro atoms. The topological polar surface area (TPSA) is 37.3 Å². The zero-order valence-electron chi connectivity index (χ0n) is 15.5. The monoisotopic (exact) mass is 354 g/mol. The summed E-state index contributed by atoms with van der Waals surface area (Å²) in [4.78, 5) is 13.0. The van der Waals surface area contributed by atoms with E-state index in [4.69, 9.17) is 0 Å². The highest BCUT2D eigenvalue weighted by Crippen LogP contribution is 2.44. The van der Waals surface area contributed by atoms with Gasteiger partial charge in [-0.05, 0) is 64.3 Å². The maximum absolute atomic E-state index is 13.0. The average molecular weight is 354 g/mol. The first kappa shape index (κ1) is 17.4. The fourth-order valence-electron chi connectivity index (χ4n) is 4.05. The molecule has 0 amide bonds. The van der Waals surface area contributed by atoms with E-state index in [1.807, 2.05) is 18.2 Å². The summed E-state index contributed by atoms with van der Waals surface area (Å²) in [6, 6.07) is 20.7. The Morgan fingerprint density at radius 2 is 1.59 bits per heavy atom. The number of Topliss-reactive ketones (excluding diaryl/α,β-unsaturated/α-hetero) is 1. The number of carbonyl (C=O) groups is 1. The Hall–Kier alpha value is -2.97. The molecule has 0 radical (unpaired) electrons. The van der Waals surface area contributed by atoms with Crippen LogP contribution in [0.5, 0.6) is 0 Å². The molecule has 0 saturated heterocycles. The van der Waals surface area contributed by atoms with Gasteiger partial charge < -0.3 is 5.11 Å². The fraction of sp³-hybridized carbons (Fsp3) is 0.160. The summed E-state index contributed by atoms with van der Waals surface area (Å²) < 4.78 is 0. The molecule has 3 aromatic carbocycles. The van der Waals surface area contributed by atoms with Gasteiger partial charge in [0.2, 0.25) is 0 Å². The third kappa shape index (κ3) is 2.92. The van der Waals surface area contributed by atoms with Crippen LogP contribution in [0.1, 0.15) is 34.0 Å². The molecule has 134 valence electrons. The van der Waals surface area contributed by atoms with E-state index in [2.05, 4.69) is 49.0 Å². The molecule has 0 heterocycles. The highest BCUT2D eigenvalue weighted by Gasteiger charge is 2.25. The van der Waals surface area contributed by atoms with E-state index in [1.165, 1.54) is 22.3 Å². The summed E-state index contributed by atoms with van der Waals surface area (Å²) in [7, 11) is 0. The number of fused-ring (bicyclic) bond motifs is 3. The Bertz CT molecular complexity index is 1060. The second-order valence-corrected chi connectivity index (χ2v) is 7.10. The number of aliphatic hydroxyl groups is 1. The van der Waals surface area contributed by atoms with Crippen molar-refractivity contribution in [2.75, 3.05) is 6.61 Å². The van der Waals surface area contributed by atoms with Crippen molar-refractivity contribution in [1.82, 2.24) is 0 Å². The van der Waals surface area contributed by atoms with E-state index in [1.54, 1.807) is 6.92 Å². The minimum atomic E-state index is -0.0575. The number of aliphatic hydroxyl groups excluding tert-OH is 1. The van der Waals surface area contributed by atoms with Crippen molar-refractivity contribution in [2.24, 2.45) is 0 Å². The maximum Gasteiger partial charge on any atom is 0.189 e. The van der Waals surface area contributed by atoms with Gasteiger partial charge in [0, 0.05) is 12.2 Å². The lowest BCUT2D eigenvalue weighted by Gasteiger charge is -2.17. The highest BCUT2D eigenvalue weighted by atomic mass is 16.3. The number of allylic oxidation sites excluding steroid dienone is 1. The van der Waals surface area contributed by atoms with Crippen LogP contribution in [-0.2, 0) is 12.8 Å². The summed E-state index contributed by atoms with van der Waals surface area (Å²) in [5.41, 5.74) is 9.09. The van der Waals surface area contributed by atoms with Gasteiger partial charge in [0.15, 0.2) is 5.78 Å². The van der Waals surface area contributed by atoms with E-state index in [0.29, 0.717) is 17.6 Å². The Kier molecular flexibility index (Phi) is 4.51. The second-order valence-electron chi connectivity index (χ2n) is 7.10. The van der Waals surface area contributed by atoms with Gasteiger partial charge in [-0.3, -0.25) is 4.79 Å². The summed E-state index contributed by atoms with van der Waals surface area (Å²) in [5.74, 6) is -0.0575. The lowest BCUT2D eigenvalue weighted by atomic mass is 9.86. The Morgan fingerprint density at radius 1 is 0.926 bits per heavy atom. The molecule has 0 bridgehead atoms. The predicted molar refractivity (Wildman–Crippen MR) is 110 cm³/mol. The first-order valence-electron chi connectivity index (χ1n) is 9.25. The van der Waals surface area contributed by atoms with E-state index in [9.17, 15) is 9.90 Å². The number of carbonyl (C=O) groups excluding carboxylic acids is 1. The van der Waals surface area contributed by atoms with Crippen molar-refractivity contribution < 1.29 is 9.90 Å². The van der Waals surface area contributed by atoms with Crippen LogP contribution in [0.15, 0.2) is 72.8 Å². The first-order valence-corrected chi connectivity index (χ1v) is 9.25. The van der Waals surface area contributed by atoms with Crippen LogP contribution >= 0.6 is 0 Å². The van der Waals surface area contributed by atoms with Gasteiger partial charge in [0.1, 0.15) is 0 Å². The number of rotatable bonds is 5. The minimum Gasteiger partial charge on any atom is -0.396 e. The van der Waals surface area contributed by atoms with Crippen LogP contribution in [0.4, 0.5) is 0 Å². The van der Waals surface area contributed by atoms with E-state index < -0.39 is 0 Å². The van der Waals surface area contributed by atoms with E-state index in [0.717, 1.165) is 23.1 Å².